The number of hydrogen-bond acceptors (Lipinski definition) is 4. The van der Waals surface area contributed by atoms with E-state index in [4.69, 9.17) is 4.74 Å². The van der Waals surface area contributed by atoms with Crippen molar-refractivity contribution in [2.75, 3.05) is 20.3 Å². The van der Waals surface area contributed by atoms with Gasteiger partial charge in [0.1, 0.15) is 13.2 Å². The average Bonchev–Trinajstić information content (AvgIpc) is 2.68. The molecule has 0 aliphatic carbocycles. The van der Waals surface area contributed by atoms with Crippen LogP contribution in [0.15, 0.2) is 30.3 Å². The molecule has 1 aromatic carbocycles. The van der Waals surface area contributed by atoms with Gasteiger partial charge in [0, 0.05) is 13.5 Å². The Balaban J connectivity index is 2.63. The Morgan fingerprint density at radius 1 is 1.04 bits per heavy atom. The van der Waals surface area contributed by atoms with Crippen LogP contribution in [0.1, 0.15) is 51.5 Å². The van der Waals surface area contributed by atoms with Crippen LogP contribution in [0.25, 0.3) is 0 Å². The Labute approximate surface area is 168 Å². The van der Waals surface area contributed by atoms with Crippen molar-refractivity contribution in [1.82, 2.24) is 10.6 Å². The van der Waals surface area contributed by atoms with Crippen molar-refractivity contribution < 1.29 is 19.1 Å². The first-order chi connectivity index (χ1) is 13.5. The van der Waals surface area contributed by atoms with Gasteiger partial charge in [-0.25, -0.2) is 0 Å². The normalized spacial score (nSPS) is 12.8. The van der Waals surface area contributed by atoms with Gasteiger partial charge in [0.25, 0.3) is 0 Å². The maximum atomic E-state index is 12.8. The van der Waals surface area contributed by atoms with E-state index in [9.17, 15) is 14.4 Å². The second-order valence-electron chi connectivity index (χ2n) is 7.25. The largest absolute Gasteiger partial charge is 0.362 e. The maximum absolute atomic E-state index is 12.8. The predicted octanol–water partition coefficient (Wildman–Crippen LogP) is 2.65. The second kappa shape index (κ2) is 13.9. The van der Waals surface area contributed by atoms with E-state index in [0.717, 1.165) is 24.8 Å². The molecule has 0 aliphatic rings. The van der Waals surface area contributed by atoms with Gasteiger partial charge in [-0.1, -0.05) is 69.9 Å². The Bertz CT molecular complexity index is 604. The summed E-state index contributed by atoms with van der Waals surface area (Å²) in [5.74, 6) is -0.367. The summed E-state index contributed by atoms with van der Waals surface area (Å²) in [6.45, 7) is 3.81. The zero-order valence-electron chi connectivity index (χ0n) is 17.3. The highest BCUT2D eigenvalue weighted by Crippen LogP contribution is 2.16. The number of likely N-dealkylation sites (N-methyl/N-ethyl adjacent to an activating group) is 1. The molecule has 2 amide bonds. The highest BCUT2D eigenvalue weighted by molar-refractivity contribution is 5.90. The van der Waals surface area contributed by atoms with E-state index in [1.165, 1.54) is 13.5 Å². The van der Waals surface area contributed by atoms with E-state index in [-0.39, 0.29) is 24.9 Å². The molecule has 2 N–H and O–H groups in total. The lowest BCUT2D eigenvalue weighted by molar-refractivity contribution is -0.133. The predicted molar refractivity (Wildman–Crippen MR) is 110 cm³/mol. The zero-order chi connectivity index (χ0) is 20.8. The smallest absolute Gasteiger partial charge is 0.246 e. The first-order valence-electron chi connectivity index (χ1n) is 10.1. The minimum Gasteiger partial charge on any atom is -0.362 e. The van der Waals surface area contributed by atoms with Gasteiger partial charge in [-0.05, 0) is 17.9 Å². The molecule has 2 atom stereocenters. The van der Waals surface area contributed by atoms with Gasteiger partial charge in [0.15, 0.2) is 5.78 Å². The van der Waals surface area contributed by atoms with Gasteiger partial charge < -0.3 is 15.4 Å². The fourth-order valence-electron chi connectivity index (χ4n) is 2.97. The molecule has 28 heavy (non-hydrogen) atoms. The minimum absolute atomic E-state index is 0.0347. The third-order valence-corrected chi connectivity index (χ3v) is 4.60. The molecule has 0 saturated heterocycles. The number of rotatable bonds is 14. The van der Waals surface area contributed by atoms with Crippen LogP contribution in [-0.2, 0) is 25.5 Å². The Morgan fingerprint density at radius 2 is 1.71 bits per heavy atom. The lowest BCUT2D eigenvalue weighted by Gasteiger charge is -2.20. The molecule has 0 radical (unpaired) electrons. The summed E-state index contributed by atoms with van der Waals surface area (Å²) in [7, 11) is 1.50. The number of Topliss-reactive ketones (excluding diaryl/α,β-unsaturated/α-hetero) is 1. The molecule has 1 aromatic rings. The Hall–Kier alpha value is -2.21. The first-order valence-corrected chi connectivity index (χ1v) is 10.1. The van der Waals surface area contributed by atoms with E-state index >= 15 is 0 Å². The number of unbranched alkanes of at least 4 members (excludes halogenated alkanes) is 2. The highest BCUT2D eigenvalue weighted by Gasteiger charge is 2.23. The second-order valence-corrected chi connectivity index (χ2v) is 7.25. The van der Waals surface area contributed by atoms with Crippen LogP contribution in [0.5, 0.6) is 0 Å². The molecular formula is C22H34N2O4. The van der Waals surface area contributed by atoms with Gasteiger partial charge in [-0.15, -0.1) is 0 Å². The molecule has 2 unspecified atom stereocenters. The molecule has 0 saturated carbocycles. The van der Waals surface area contributed by atoms with Crippen molar-refractivity contribution in [3.63, 3.8) is 0 Å². The van der Waals surface area contributed by atoms with Crippen LogP contribution in [0.4, 0.5) is 0 Å². The average molecular weight is 391 g/mol. The molecular weight excluding hydrogens is 356 g/mol. The molecule has 1 rings (SSSR count). The summed E-state index contributed by atoms with van der Waals surface area (Å²) in [6.07, 6.45) is 5.35. The van der Waals surface area contributed by atoms with E-state index in [1.54, 1.807) is 0 Å². The van der Waals surface area contributed by atoms with Crippen molar-refractivity contribution in [1.29, 1.82) is 0 Å². The number of carbonyl (C=O) groups excluding carboxylic acids is 3. The van der Waals surface area contributed by atoms with Crippen molar-refractivity contribution in [3.8, 4) is 0 Å². The number of hydrogen-bond donors (Lipinski definition) is 2. The van der Waals surface area contributed by atoms with Crippen LogP contribution in [0.3, 0.4) is 0 Å². The molecule has 0 heterocycles. The molecule has 0 spiro atoms. The SMILES string of the molecule is CCCCCC(C)CC(=O)C(Cc1ccccc1)NC(=O)COCC(=O)NC. The number of carbonyl (C=O) groups is 3. The number of nitrogens with one attached hydrogen (secondary N) is 2. The fraction of sp³-hybridized carbons (Fsp3) is 0.591. The van der Waals surface area contributed by atoms with E-state index in [1.807, 2.05) is 30.3 Å². The minimum atomic E-state index is -0.591. The topological polar surface area (TPSA) is 84.5 Å². The summed E-state index contributed by atoms with van der Waals surface area (Å²) in [5, 5.41) is 5.21. The van der Waals surface area contributed by atoms with Gasteiger partial charge >= 0.3 is 0 Å². The van der Waals surface area contributed by atoms with Crippen LogP contribution in [0.2, 0.25) is 0 Å². The van der Waals surface area contributed by atoms with Crippen LogP contribution >= 0.6 is 0 Å². The summed E-state index contributed by atoms with van der Waals surface area (Å²) in [4.78, 5) is 36.2. The first kappa shape index (κ1) is 23.8. The van der Waals surface area contributed by atoms with E-state index < -0.39 is 11.9 Å². The molecule has 6 heteroatoms. The number of benzene rings is 1. The molecule has 0 aromatic heterocycles. The zero-order valence-corrected chi connectivity index (χ0v) is 17.3. The molecule has 0 fully saturated rings. The monoisotopic (exact) mass is 390 g/mol. The summed E-state index contributed by atoms with van der Waals surface area (Å²) >= 11 is 0. The highest BCUT2D eigenvalue weighted by atomic mass is 16.5. The summed E-state index contributed by atoms with van der Waals surface area (Å²) in [6, 6.07) is 9.05. The molecule has 0 bridgehead atoms. The quantitative estimate of drug-likeness (QED) is 0.478. The number of amides is 2. The third kappa shape index (κ3) is 10.2. The lowest BCUT2D eigenvalue weighted by Crippen LogP contribution is -2.44. The molecule has 0 aliphatic heterocycles. The standard InChI is InChI=1S/C22H34N2O4/c1-4-5-7-10-17(2)13-20(25)19(14-18-11-8-6-9-12-18)24-22(27)16-28-15-21(26)23-3/h6,8-9,11-12,17,19H,4-5,7,10,13-16H2,1-3H3,(H,23,26)(H,24,27). The van der Waals surface area contributed by atoms with Gasteiger partial charge in [-0.3, -0.25) is 14.4 Å². The van der Waals surface area contributed by atoms with Crippen molar-refractivity contribution in [2.24, 2.45) is 5.92 Å². The van der Waals surface area contributed by atoms with Crippen molar-refractivity contribution >= 4 is 17.6 Å². The number of ether oxygens (including phenoxy) is 1. The summed E-state index contributed by atoms with van der Waals surface area (Å²) < 4.78 is 5.09. The van der Waals surface area contributed by atoms with Crippen molar-refractivity contribution in [2.45, 2.75) is 58.4 Å². The molecule has 6 nitrogen and oxygen atoms in total. The fourth-order valence-corrected chi connectivity index (χ4v) is 2.97. The van der Waals surface area contributed by atoms with Gasteiger partial charge in [0.2, 0.25) is 11.8 Å². The number of ketones is 1. The maximum Gasteiger partial charge on any atom is 0.246 e. The van der Waals surface area contributed by atoms with Gasteiger partial charge in [-0.2, -0.15) is 0 Å². The summed E-state index contributed by atoms with van der Waals surface area (Å²) in [5.41, 5.74) is 0.992. The van der Waals surface area contributed by atoms with E-state index in [0.29, 0.717) is 18.8 Å². The van der Waals surface area contributed by atoms with E-state index in [2.05, 4.69) is 24.5 Å². The van der Waals surface area contributed by atoms with Crippen LogP contribution in [-0.4, -0.2) is 43.9 Å². The van der Waals surface area contributed by atoms with Crippen molar-refractivity contribution in [3.05, 3.63) is 35.9 Å². The Morgan fingerprint density at radius 3 is 2.36 bits per heavy atom. The third-order valence-electron chi connectivity index (χ3n) is 4.60. The van der Waals surface area contributed by atoms with Gasteiger partial charge in [0.05, 0.1) is 6.04 Å². The lowest BCUT2D eigenvalue weighted by atomic mass is 9.92. The Kier molecular flexibility index (Phi) is 11.8. The molecule has 156 valence electrons. The van der Waals surface area contributed by atoms with Crippen LogP contribution in [0, 0.1) is 5.92 Å². The van der Waals surface area contributed by atoms with Crippen LogP contribution < -0.4 is 10.6 Å².